The van der Waals surface area contributed by atoms with Gasteiger partial charge >= 0.3 is 0 Å². The van der Waals surface area contributed by atoms with Gasteiger partial charge in [-0.3, -0.25) is 4.79 Å². The lowest BCUT2D eigenvalue weighted by Crippen LogP contribution is -2.40. The fourth-order valence-electron chi connectivity index (χ4n) is 2.47. The van der Waals surface area contributed by atoms with Gasteiger partial charge in [0.15, 0.2) is 0 Å². The molecule has 1 heterocycles. The van der Waals surface area contributed by atoms with Crippen LogP contribution in [-0.4, -0.2) is 16.9 Å². The highest BCUT2D eigenvalue weighted by Gasteiger charge is 2.25. The van der Waals surface area contributed by atoms with Crippen LogP contribution in [0.3, 0.4) is 0 Å². The largest absolute Gasteiger partial charge is 0.335 e. The lowest BCUT2D eigenvalue weighted by molar-refractivity contribution is 0.0924. The second-order valence-electron chi connectivity index (χ2n) is 4.82. The number of nitrogens with zero attached hydrogens (tertiary/aromatic N) is 2. The average molecular weight is 278 g/mol. The Balaban J connectivity index is 2.02. The molecule has 1 aromatic rings. The topological polar surface area (TPSA) is 65.8 Å². The van der Waals surface area contributed by atoms with Gasteiger partial charge < -0.3 is 5.32 Å². The molecule has 0 spiro atoms. The number of aromatic nitrogens is 1. The molecule has 1 aromatic heterocycles. The molecule has 100 valence electrons. The standard InChI is InChI=1S/C14H16ClN3O/c15-13-8-4-7-11(17-13)14(19)18-12(9-16)10-5-2-1-3-6-10/h4,7-8,10,12H,1-3,5-6H2,(H,18,19). The third-order valence-corrected chi connectivity index (χ3v) is 3.71. The Morgan fingerprint density at radius 2 is 2.16 bits per heavy atom. The van der Waals surface area contributed by atoms with E-state index in [0.29, 0.717) is 0 Å². The number of amides is 1. The molecule has 1 amide bonds. The molecule has 1 aliphatic rings. The monoisotopic (exact) mass is 277 g/mol. The Morgan fingerprint density at radius 3 is 2.79 bits per heavy atom. The molecular formula is C14H16ClN3O. The fourth-order valence-corrected chi connectivity index (χ4v) is 2.64. The number of hydrogen-bond acceptors (Lipinski definition) is 3. The van der Waals surface area contributed by atoms with Crippen LogP contribution < -0.4 is 5.32 Å². The number of carbonyl (C=O) groups is 1. The van der Waals surface area contributed by atoms with Gasteiger partial charge in [0.25, 0.3) is 5.91 Å². The average Bonchev–Trinajstić information content (AvgIpc) is 2.45. The number of nitrogens with one attached hydrogen (secondary N) is 1. The molecule has 0 saturated heterocycles. The van der Waals surface area contributed by atoms with E-state index >= 15 is 0 Å². The summed E-state index contributed by atoms with van der Waals surface area (Å²) in [5.41, 5.74) is 0.253. The normalized spacial score (nSPS) is 17.5. The molecule has 2 rings (SSSR count). The van der Waals surface area contributed by atoms with Crippen molar-refractivity contribution in [2.24, 2.45) is 5.92 Å². The molecule has 4 nitrogen and oxygen atoms in total. The highest BCUT2D eigenvalue weighted by atomic mass is 35.5. The fraction of sp³-hybridized carbons (Fsp3) is 0.500. The minimum absolute atomic E-state index is 0.252. The summed E-state index contributed by atoms with van der Waals surface area (Å²) >= 11 is 5.75. The first-order chi connectivity index (χ1) is 9.20. The van der Waals surface area contributed by atoms with Gasteiger partial charge in [0.1, 0.15) is 16.9 Å². The number of carbonyl (C=O) groups excluding carboxylic acids is 1. The smallest absolute Gasteiger partial charge is 0.270 e. The summed E-state index contributed by atoms with van der Waals surface area (Å²) < 4.78 is 0. The Kier molecular flexibility index (Phi) is 4.75. The molecule has 1 N–H and O–H groups in total. The molecule has 0 bridgehead atoms. The first-order valence-electron chi connectivity index (χ1n) is 6.54. The van der Waals surface area contributed by atoms with E-state index in [1.54, 1.807) is 18.2 Å². The van der Waals surface area contributed by atoms with Crippen molar-refractivity contribution < 1.29 is 4.79 Å². The molecule has 1 atom stereocenters. The zero-order valence-electron chi connectivity index (χ0n) is 10.6. The summed E-state index contributed by atoms with van der Waals surface area (Å²) in [7, 11) is 0. The molecule has 1 unspecified atom stereocenters. The minimum Gasteiger partial charge on any atom is -0.335 e. The van der Waals surface area contributed by atoms with Crippen molar-refractivity contribution in [2.75, 3.05) is 0 Å². The van der Waals surface area contributed by atoms with Crippen LogP contribution in [0.2, 0.25) is 5.15 Å². The number of hydrogen-bond donors (Lipinski definition) is 1. The van der Waals surface area contributed by atoms with E-state index in [-0.39, 0.29) is 22.7 Å². The van der Waals surface area contributed by atoms with Gasteiger partial charge in [-0.05, 0) is 30.9 Å². The molecule has 0 aliphatic heterocycles. The predicted octanol–water partition coefficient (Wildman–Crippen LogP) is 2.94. The third-order valence-electron chi connectivity index (χ3n) is 3.49. The quantitative estimate of drug-likeness (QED) is 0.864. The maximum atomic E-state index is 12.0. The van der Waals surface area contributed by atoms with E-state index in [0.717, 1.165) is 25.7 Å². The van der Waals surface area contributed by atoms with E-state index < -0.39 is 6.04 Å². The molecule has 1 fully saturated rings. The lowest BCUT2D eigenvalue weighted by atomic mass is 9.84. The van der Waals surface area contributed by atoms with Crippen molar-refractivity contribution in [1.29, 1.82) is 5.26 Å². The van der Waals surface area contributed by atoms with Gasteiger partial charge in [0, 0.05) is 0 Å². The van der Waals surface area contributed by atoms with E-state index in [2.05, 4.69) is 16.4 Å². The van der Waals surface area contributed by atoms with E-state index in [9.17, 15) is 10.1 Å². The van der Waals surface area contributed by atoms with Gasteiger partial charge in [0.05, 0.1) is 6.07 Å². The number of halogens is 1. The molecule has 1 saturated carbocycles. The Labute approximate surface area is 117 Å². The summed E-state index contributed by atoms with van der Waals surface area (Å²) in [4.78, 5) is 16.0. The van der Waals surface area contributed by atoms with Crippen LogP contribution in [0.1, 0.15) is 42.6 Å². The SMILES string of the molecule is N#CC(NC(=O)c1cccc(Cl)n1)C1CCCCC1. The lowest BCUT2D eigenvalue weighted by Gasteiger charge is -2.26. The molecule has 19 heavy (non-hydrogen) atoms. The van der Waals surface area contributed by atoms with Crippen molar-refractivity contribution in [2.45, 2.75) is 38.1 Å². The zero-order chi connectivity index (χ0) is 13.7. The maximum absolute atomic E-state index is 12.0. The van der Waals surface area contributed by atoms with Gasteiger partial charge in [-0.1, -0.05) is 36.9 Å². The van der Waals surface area contributed by atoms with Crippen molar-refractivity contribution in [3.63, 3.8) is 0 Å². The molecule has 1 aliphatic carbocycles. The Hall–Kier alpha value is -1.60. The maximum Gasteiger partial charge on any atom is 0.270 e. The van der Waals surface area contributed by atoms with E-state index in [1.165, 1.54) is 6.42 Å². The first-order valence-corrected chi connectivity index (χ1v) is 6.91. The van der Waals surface area contributed by atoms with Crippen molar-refractivity contribution in [3.05, 3.63) is 29.0 Å². The number of rotatable bonds is 3. The van der Waals surface area contributed by atoms with Gasteiger partial charge in [-0.15, -0.1) is 0 Å². The van der Waals surface area contributed by atoms with Crippen LogP contribution in [0, 0.1) is 17.2 Å². The van der Waals surface area contributed by atoms with Crippen LogP contribution in [0.15, 0.2) is 18.2 Å². The van der Waals surface area contributed by atoms with Crippen LogP contribution in [0.4, 0.5) is 0 Å². The molecular weight excluding hydrogens is 262 g/mol. The van der Waals surface area contributed by atoms with Crippen LogP contribution in [-0.2, 0) is 0 Å². The molecule has 5 heteroatoms. The summed E-state index contributed by atoms with van der Waals surface area (Å²) in [5, 5.41) is 12.3. The van der Waals surface area contributed by atoms with Gasteiger partial charge in [0.2, 0.25) is 0 Å². The Morgan fingerprint density at radius 1 is 1.42 bits per heavy atom. The van der Waals surface area contributed by atoms with Gasteiger partial charge in [-0.2, -0.15) is 5.26 Å². The van der Waals surface area contributed by atoms with E-state index in [4.69, 9.17) is 11.6 Å². The summed E-state index contributed by atoms with van der Waals surface area (Å²) in [6, 6.07) is 6.64. The highest BCUT2D eigenvalue weighted by Crippen LogP contribution is 2.26. The minimum atomic E-state index is -0.436. The van der Waals surface area contributed by atoms with Crippen LogP contribution in [0.5, 0.6) is 0 Å². The van der Waals surface area contributed by atoms with Crippen LogP contribution in [0.25, 0.3) is 0 Å². The predicted molar refractivity (Wildman–Crippen MR) is 72.7 cm³/mol. The third kappa shape index (κ3) is 3.68. The summed E-state index contributed by atoms with van der Waals surface area (Å²) in [6.45, 7) is 0. The second kappa shape index (κ2) is 6.53. The first kappa shape index (κ1) is 13.8. The summed E-state index contributed by atoms with van der Waals surface area (Å²) in [6.07, 6.45) is 5.49. The highest BCUT2D eigenvalue weighted by molar-refractivity contribution is 6.29. The van der Waals surface area contributed by atoms with Crippen molar-refractivity contribution in [3.8, 4) is 6.07 Å². The van der Waals surface area contributed by atoms with Crippen molar-refractivity contribution in [1.82, 2.24) is 10.3 Å². The van der Waals surface area contributed by atoms with Crippen LogP contribution >= 0.6 is 11.6 Å². The number of pyridine rings is 1. The van der Waals surface area contributed by atoms with E-state index in [1.807, 2.05) is 0 Å². The molecule has 0 radical (unpaired) electrons. The zero-order valence-corrected chi connectivity index (χ0v) is 11.4. The summed E-state index contributed by atoms with van der Waals surface area (Å²) in [5.74, 6) is -0.0819. The van der Waals surface area contributed by atoms with Gasteiger partial charge in [-0.25, -0.2) is 4.98 Å². The Bertz CT molecular complexity index is 492. The second-order valence-corrected chi connectivity index (χ2v) is 5.21. The molecule has 0 aromatic carbocycles. The van der Waals surface area contributed by atoms with Crippen molar-refractivity contribution >= 4 is 17.5 Å². The number of nitriles is 1.